The van der Waals surface area contributed by atoms with Gasteiger partial charge in [0.25, 0.3) is 0 Å². The molecule has 0 bridgehead atoms. The number of pyridine rings is 3. The van der Waals surface area contributed by atoms with Gasteiger partial charge in [0, 0.05) is 99.7 Å². The average molecular weight is 1080 g/mol. The van der Waals surface area contributed by atoms with E-state index in [1.165, 1.54) is 16.7 Å². The molecule has 3 aliphatic carbocycles. The van der Waals surface area contributed by atoms with E-state index < -0.39 is 0 Å². The number of benzene rings is 3. The van der Waals surface area contributed by atoms with Crippen LogP contribution >= 0.6 is 0 Å². The van der Waals surface area contributed by atoms with Gasteiger partial charge in [-0.15, -0.1) is 0 Å². The van der Waals surface area contributed by atoms with E-state index in [9.17, 15) is 20.6 Å². The van der Waals surface area contributed by atoms with E-state index in [0.717, 1.165) is 75.5 Å². The second kappa shape index (κ2) is 25.5. The molecule has 2 fully saturated rings. The van der Waals surface area contributed by atoms with E-state index in [2.05, 4.69) is 123 Å². The van der Waals surface area contributed by atoms with Gasteiger partial charge in [-0.2, -0.15) is 15.8 Å². The van der Waals surface area contributed by atoms with E-state index in [0.29, 0.717) is 82.3 Å². The van der Waals surface area contributed by atoms with Gasteiger partial charge in [-0.25, -0.2) is 0 Å². The van der Waals surface area contributed by atoms with Gasteiger partial charge in [0.15, 0.2) is 0 Å². The normalized spacial score (nSPS) is 24.3. The largest absolute Gasteiger partial charge is 0.472 e. The molecule has 8 aromatic rings. The zero-order chi connectivity index (χ0) is 57.3. The number of rotatable bonds is 9. The summed E-state index contributed by atoms with van der Waals surface area (Å²) in [5.74, 6) is 6.28. The molecule has 410 valence electrons. The van der Waals surface area contributed by atoms with Crippen LogP contribution < -0.4 is 5.32 Å². The summed E-state index contributed by atoms with van der Waals surface area (Å²) < 4.78 is 11.1. The Kier molecular flexibility index (Phi) is 17.5. The van der Waals surface area contributed by atoms with Crippen molar-refractivity contribution in [2.45, 2.75) is 85.1 Å². The highest BCUT2D eigenvalue weighted by atomic mass is 16.3. The average Bonchev–Trinajstić information content (AvgIpc) is 4.37. The van der Waals surface area contributed by atoms with Gasteiger partial charge in [0.05, 0.1) is 70.8 Å². The molecule has 10 heteroatoms. The lowest BCUT2D eigenvalue weighted by molar-refractivity contribution is -0.119. The molecule has 0 radical (unpaired) electrons. The third kappa shape index (κ3) is 12.4. The Hall–Kier alpha value is -9.17. The predicted molar refractivity (Wildman–Crippen MR) is 324 cm³/mol. The van der Waals surface area contributed by atoms with Crippen LogP contribution in [0.15, 0.2) is 180 Å². The van der Waals surface area contributed by atoms with Crippen LogP contribution in [0.25, 0.3) is 51.6 Å². The van der Waals surface area contributed by atoms with Gasteiger partial charge >= 0.3 is 0 Å². The maximum Gasteiger partial charge on any atom is 0.220 e. The Morgan fingerprint density at radius 3 is 1.49 bits per heavy atom. The Balaban J connectivity index is 0.000000138. The fourth-order valence-electron chi connectivity index (χ4n) is 12.6. The fourth-order valence-corrected chi connectivity index (χ4v) is 12.6. The highest BCUT2D eigenvalue weighted by Gasteiger charge is 2.45. The van der Waals surface area contributed by atoms with E-state index in [-0.39, 0.29) is 11.9 Å². The smallest absolute Gasteiger partial charge is 0.220 e. The Bertz CT molecular complexity index is 3570. The third-order valence-electron chi connectivity index (χ3n) is 18.0. The first-order valence-corrected chi connectivity index (χ1v) is 28.7. The van der Waals surface area contributed by atoms with Crippen molar-refractivity contribution in [1.82, 2.24) is 20.3 Å². The summed E-state index contributed by atoms with van der Waals surface area (Å²) in [5, 5.41) is 31.1. The number of hydrogen-bond donors (Lipinski definition) is 1. The minimum Gasteiger partial charge on any atom is -0.472 e. The topological polar surface area (TPSA) is 165 Å². The number of carbonyl (C=O) groups excluding carboxylic acids is 1. The van der Waals surface area contributed by atoms with Gasteiger partial charge < -0.3 is 14.2 Å². The van der Waals surface area contributed by atoms with E-state index in [1.54, 1.807) is 6.26 Å². The molecule has 0 unspecified atom stereocenters. The van der Waals surface area contributed by atoms with E-state index >= 15 is 0 Å². The standard InChI is InChI=1S/C24H25N3O.2C24H22N2O/c1-15-11-19-12-23(28)27-24(19)21(16(15)2)10-9-20-8-7-18(14-26-20)22-6-4-3-5-17(22)13-25;1-16-11-20-14-27-15-24(20)22(17(16)2)10-9-21-8-7-19(13-26-21)23-6-4-3-5-18(23)12-25;1-16-13-24-23(11-12-27-24)21(17(16)2)10-9-20-8-7-19(15-26-20)22-6-4-3-5-18(22)14-25/h3-10,14-16,19,21,24H,11-12H2,1-2H3,(H,27,28);3-10,13-17,22H,11H2,1-2H3;3-12,15-17,21H,13H2,1-2H3/b3*10-9+/t15-,16+,19+,21-,24-;16-,17+,22-;16-,17+,21-/m000/s1. The molecule has 10 nitrogen and oxygen atoms in total. The lowest BCUT2D eigenvalue weighted by Crippen LogP contribution is -2.44. The number of fused-ring (bicyclic) bond motifs is 3. The lowest BCUT2D eigenvalue weighted by Gasteiger charge is -2.40. The van der Waals surface area contributed by atoms with Gasteiger partial charge in [-0.05, 0) is 121 Å². The van der Waals surface area contributed by atoms with Crippen molar-refractivity contribution in [3.8, 4) is 51.6 Å². The molecule has 1 saturated heterocycles. The number of allylic oxidation sites excluding steroid dienone is 2. The summed E-state index contributed by atoms with van der Waals surface area (Å²) in [6.45, 7) is 13.8. The first kappa shape index (κ1) is 56.1. The number of nitriles is 3. The van der Waals surface area contributed by atoms with Crippen molar-refractivity contribution in [2.75, 3.05) is 0 Å². The van der Waals surface area contributed by atoms with Crippen LogP contribution in [0.4, 0.5) is 0 Å². The Labute approximate surface area is 482 Å². The van der Waals surface area contributed by atoms with E-state index in [4.69, 9.17) is 8.83 Å². The number of nitrogens with zero attached hydrogens (tertiary/aromatic N) is 6. The molecule has 0 spiro atoms. The molecule has 11 atom stereocenters. The quantitative estimate of drug-likeness (QED) is 0.148. The molecule has 3 aromatic carbocycles. The van der Waals surface area contributed by atoms with Crippen LogP contribution in [-0.4, -0.2) is 26.9 Å². The minimum absolute atomic E-state index is 0.188. The molecule has 5 aromatic heterocycles. The van der Waals surface area contributed by atoms with Crippen LogP contribution in [0, 0.1) is 81.3 Å². The molecule has 1 N–H and O–H groups in total. The molecular formula is C72H69N7O3. The van der Waals surface area contributed by atoms with Gasteiger partial charge in [-0.1, -0.05) is 133 Å². The van der Waals surface area contributed by atoms with Crippen LogP contribution in [0.3, 0.4) is 0 Å². The molecular weight excluding hydrogens is 1010 g/mol. The van der Waals surface area contributed by atoms with Crippen molar-refractivity contribution in [1.29, 1.82) is 15.8 Å². The van der Waals surface area contributed by atoms with Gasteiger partial charge in [0.2, 0.25) is 5.91 Å². The molecule has 1 aliphatic heterocycles. The van der Waals surface area contributed by atoms with Crippen LogP contribution in [0.2, 0.25) is 0 Å². The predicted octanol–water partition coefficient (Wildman–Crippen LogP) is 16.1. The maximum atomic E-state index is 11.9. The summed E-state index contributed by atoms with van der Waals surface area (Å²) in [6.07, 6.45) is 28.0. The summed E-state index contributed by atoms with van der Waals surface area (Å²) in [5.41, 5.74) is 14.2. The number of carbonyl (C=O) groups is 1. The number of hydrogen-bond acceptors (Lipinski definition) is 9. The number of amides is 1. The molecule has 82 heavy (non-hydrogen) atoms. The lowest BCUT2D eigenvalue weighted by atomic mass is 9.66. The summed E-state index contributed by atoms with van der Waals surface area (Å²) in [4.78, 5) is 25.6. The minimum atomic E-state index is 0.188. The highest BCUT2D eigenvalue weighted by molar-refractivity contribution is 5.79. The zero-order valence-electron chi connectivity index (χ0n) is 47.5. The highest BCUT2D eigenvalue weighted by Crippen LogP contribution is 2.44. The number of aromatic nitrogens is 3. The van der Waals surface area contributed by atoms with Crippen molar-refractivity contribution >= 4 is 24.1 Å². The van der Waals surface area contributed by atoms with Crippen LogP contribution in [-0.2, 0) is 17.6 Å². The second-order valence-corrected chi connectivity index (χ2v) is 23.0. The van der Waals surface area contributed by atoms with Crippen LogP contribution in [0.5, 0.6) is 0 Å². The summed E-state index contributed by atoms with van der Waals surface area (Å²) >= 11 is 0. The number of furan rings is 2. The Morgan fingerprint density at radius 2 is 1.00 bits per heavy atom. The molecule has 4 aliphatic rings. The first-order chi connectivity index (χ1) is 39.9. The molecule has 12 rings (SSSR count). The second-order valence-electron chi connectivity index (χ2n) is 23.0. The van der Waals surface area contributed by atoms with E-state index in [1.807, 2.05) is 140 Å². The van der Waals surface area contributed by atoms with Gasteiger partial charge in [0.1, 0.15) is 5.76 Å². The SMILES string of the molecule is C[C@H]1[C@H](/C=C/c2ccc(-c3ccccc3C#N)cn2)[C@H]2NC(=O)C[C@H]2C[C@@H]1C.C[C@H]1[C@H](/C=C/c2ccc(-c3ccccc3C#N)cn2)c2ccoc2C[C@@H]1C.C[C@H]1[C@H](/C=C/c2ccc(-c3ccccc3C#N)cn2)c2cocc2C[C@@H]1C. The monoisotopic (exact) mass is 1080 g/mol. The van der Waals surface area contributed by atoms with Gasteiger partial charge in [-0.3, -0.25) is 19.7 Å². The number of nitrogens with one attached hydrogen (secondary N) is 1. The molecule has 1 amide bonds. The fraction of sp³-hybridized carbons (Fsp3) is 0.292. The van der Waals surface area contributed by atoms with Crippen molar-refractivity contribution < 1.29 is 13.6 Å². The van der Waals surface area contributed by atoms with Crippen molar-refractivity contribution in [2.24, 2.45) is 47.3 Å². The zero-order valence-corrected chi connectivity index (χ0v) is 47.5. The van der Waals surface area contributed by atoms with Crippen molar-refractivity contribution in [3.05, 3.63) is 227 Å². The maximum absolute atomic E-state index is 11.9. The molecule has 6 heterocycles. The third-order valence-corrected chi connectivity index (χ3v) is 18.0. The molecule has 1 saturated carbocycles. The summed E-state index contributed by atoms with van der Waals surface area (Å²) in [7, 11) is 0. The summed E-state index contributed by atoms with van der Waals surface area (Å²) in [6, 6.07) is 43.9. The first-order valence-electron chi connectivity index (χ1n) is 28.7. The van der Waals surface area contributed by atoms with Crippen LogP contribution in [0.1, 0.15) is 122 Å². The Morgan fingerprint density at radius 1 is 0.524 bits per heavy atom. The van der Waals surface area contributed by atoms with Crippen molar-refractivity contribution in [3.63, 3.8) is 0 Å².